The number of halogens is 1. The number of hydrogen-bond donors (Lipinski definition) is 1. The van der Waals surface area contributed by atoms with Crippen LogP contribution in [0.1, 0.15) is 30.7 Å². The van der Waals surface area contributed by atoms with Crippen LogP contribution in [0.5, 0.6) is 0 Å². The molecular formula is C23H28ClN3O2. The number of carbonyl (C=O) groups is 1. The van der Waals surface area contributed by atoms with Gasteiger partial charge in [0.25, 0.3) is 0 Å². The van der Waals surface area contributed by atoms with Gasteiger partial charge < -0.3 is 15.2 Å². The highest BCUT2D eigenvalue weighted by molar-refractivity contribution is 5.85. The summed E-state index contributed by atoms with van der Waals surface area (Å²) >= 11 is 0. The standard InChI is InChI=1S/C23H27N3O2.ClH/c1-17(22(24)19-12-7-4-8-13-19)23(27)26(2)15-9-14-20-16-21(25-28-20)18-10-5-3-6-11-18;/h3-8,10-13,16-17,22H,9,14-15,24H2,1-2H3;1H. The van der Waals surface area contributed by atoms with E-state index in [0.29, 0.717) is 6.54 Å². The van der Waals surface area contributed by atoms with Crippen LogP contribution in [-0.2, 0) is 11.2 Å². The fourth-order valence-corrected chi connectivity index (χ4v) is 3.24. The van der Waals surface area contributed by atoms with E-state index in [1.165, 1.54) is 0 Å². The summed E-state index contributed by atoms with van der Waals surface area (Å²) in [6.07, 6.45) is 1.54. The number of amides is 1. The van der Waals surface area contributed by atoms with Gasteiger partial charge in [-0.3, -0.25) is 4.79 Å². The maximum absolute atomic E-state index is 12.7. The van der Waals surface area contributed by atoms with Crippen molar-refractivity contribution in [3.05, 3.63) is 78.1 Å². The van der Waals surface area contributed by atoms with Crippen LogP contribution in [0.2, 0.25) is 0 Å². The van der Waals surface area contributed by atoms with Gasteiger partial charge in [-0.15, -0.1) is 12.4 Å². The summed E-state index contributed by atoms with van der Waals surface area (Å²) in [6, 6.07) is 21.3. The predicted octanol–water partition coefficient (Wildman–Crippen LogP) is 4.49. The summed E-state index contributed by atoms with van der Waals surface area (Å²) in [5.74, 6) is 0.606. The van der Waals surface area contributed by atoms with Gasteiger partial charge in [0, 0.05) is 37.7 Å². The topological polar surface area (TPSA) is 72.4 Å². The van der Waals surface area contributed by atoms with Crippen LogP contribution in [-0.4, -0.2) is 29.6 Å². The van der Waals surface area contributed by atoms with Crippen LogP contribution in [0, 0.1) is 5.92 Å². The lowest BCUT2D eigenvalue weighted by molar-refractivity contribution is -0.134. The van der Waals surface area contributed by atoms with Crippen molar-refractivity contribution < 1.29 is 9.32 Å². The zero-order valence-electron chi connectivity index (χ0n) is 16.8. The Morgan fingerprint density at radius 3 is 2.38 bits per heavy atom. The molecule has 2 aromatic carbocycles. The number of aromatic nitrogens is 1. The average Bonchev–Trinajstić information content (AvgIpc) is 3.22. The Hall–Kier alpha value is -2.63. The van der Waals surface area contributed by atoms with Gasteiger partial charge in [0.05, 0.1) is 5.92 Å². The number of benzene rings is 2. The Bertz CT molecular complexity index is 883. The van der Waals surface area contributed by atoms with Gasteiger partial charge in [0.15, 0.2) is 0 Å². The molecule has 0 aliphatic rings. The monoisotopic (exact) mass is 413 g/mol. The molecule has 3 aromatic rings. The molecule has 0 bridgehead atoms. The van der Waals surface area contributed by atoms with Crippen LogP contribution in [0.15, 0.2) is 71.3 Å². The Labute approximate surface area is 178 Å². The van der Waals surface area contributed by atoms with Crippen molar-refractivity contribution in [1.82, 2.24) is 10.1 Å². The minimum Gasteiger partial charge on any atom is -0.361 e. The molecule has 2 atom stereocenters. The van der Waals surface area contributed by atoms with Crippen LogP contribution in [0.4, 0.5) is 0 Å². The van der Waals surface area contributed by atoms with Crippen LogP contribution >= 0.6 is 12.4 Å². The van der Waals surface area contributed by atoms with E-state index in [1.807, 2.05) is 80.7 Å². The molecule has 2 N–H and O–H groups in total. The number of hydrogen-bond acceptors (Lipinski definition) is 4. The summed E-state index contributed by atoms with van der Waals surface area (Å²) in [5, 5.41) is 4.13. The average molecular weight is 414 g/mol. The molecule has 3 rings (SSSR count). The third-order valence-electron chi connectivity index (χ3n) is 5.03. The molecule has 0 aliphatic heterocycles. The Balaban J connectivity index is 0.00000300. The fourth-order valence-electron chi connectivity index (χ4n) is 3.24. The van der Waals surface area contributed by atoms with Crippen molar-refractivity contribution >= 4 is 18.3 Å². The zero-order valence-corrected chi connectivity index (χ0v) is 17.6. The molecular weight excluding hydrogens is 386 g/mol. The molecule has 0 saturated heterocycles. The second-order valence-corrected chi connectivity index (χ2v) is 7.13. The van der Waals surface area contributed by atoms with Gasteiger partial charge >= 0.3 is 0 Å². The maximum Gasteiger partial charge on any atom is 0.227 e. The summed E-state index contributed by atoms with van der Waals surface area (Å²) in [6.45, 7) is 2.53. The molecule has 1 aromatic heterocycles. The van der Waals surface area contributed by atoms with E-state index in [-0.39, 0.29) is 30.3 Å². The molecule has 29 heavy (non-hydrogen) atoms. The molecule has 2 unspecified atom stereocenters. The van der Waals surface area contributed by atoms with E-state index >= 15 is 0 Å². The molecule has 1 heterocycles. The Kier molecular flexibility index (Phi) is 8.43. The highest BCUT2D eigenvalue weighted by Crippen LogP contribution is 2.22. The predicted molar refractivity (Wildman–Crippen MR) is 118 cm³/mol. The summed E-state index contributed by atoms with van der Waals surface area (Å²) < 4.78 is 5.43. The summed E-state index contributed by atoms with van der Waals surface area (Å²) in [4.78, 5) is 14.5. The van der Waals surface area contributed by atoms with Gasteiger partial charge in [-0.25, -0.2) is 0 Å². The first-order valence-electron chi connectivity index (χ1n) is 9.63. The number of aryl methyl sites for hydroxylation is 1. The SMILES string of the molecule is CC(C(=O)N(C)CCCc1cc(-c2ccccc2)no1)C(N)c1ccccc1.Cl. The van der Waals surface area contributed by atoms with Gasteiger partial charge in [-0.2, -0.15) is 0 Å². The number of nitrogens with two attached hydrogens (primary N) is 1. The molecule has 5 nitrogen and oxygen atoms in total. The second-order valence-electron chi connectivity index (χ2n) is 7.13. The fraction of sp³-hybridized carbons (Fsp3) is 0.304. The normalized spacial score (nSPS) is 12.7. The summed E-state index contributed by atoms with van der Waals surface area (Å²) in [5.41, 5.74) is 9.13. The van der Waals surface area contributed by atoms with Crippen molar-refractivity contribution in [3.63, 3.8) is 0 Å². The van der Waals surface area contributed by atoms with Crippen LogP contribution in [0.25, 0.3) is 11.3 Å². The van der Waals surface area contributed by atoms with Gasteiger partial charge in [-0.1, -0.05) is 72.7 Å². The van der Waals surface area contributed by atoms with E-state index in [4.69, 9.17) is 10.3 Å². The first kappa shape index (κ1) is 22.7. The minimum absolute atomic E-state index is 0. The zero-order chi connectivity index (χ0) is 19.9. The Morgan fingerprint density at radius 2 is 1.72 bits per heavy atom. The van der Waals surface area contributed by atoms with Crippen LogP contribution in [0.3, 0.4) is 0 Å². The molecule has 0 spiro atoms. The minimum atomic E-state index is -0.307. The van der Waals surface area contributed by atoms with Gasteiger partial charge in [0.2, 0.25) is 5.91 Å². The van der Waals surface area contributed by atoms with E-state index in [2.05, 4.69) is 5.16 Å². The highest BCUT2D eigenvalue weighted by Gasteiger charge is 2.24. The van der Waals surface area contributed by atoms with E-state index in [9.17, 15) is 4.79 Å². The van der Waals surface area contributed by atoms with Crippen molar-refractivity contribution in [2.75, 3.05) is 13.6 Å². The Morgan fingerprint density at radius 1 is 1.10 bits per heavy atom. The quantitative estimate of drug-likeness (QED) is 0.590. The lowest BCUT2D eigenvalue weighted by Crippen LogP contribution is -2.37. The molecule has 0 saturated carbocycles. The van der Waals surface area contributed by atoms with E-state index < -0.39 is 0 Å². The number of nitrogens with zero attached hydrogens (tertiary/aromatic N) is 2. The molecule has 6 heteroatoms. The van der Waals surface area contributed by atoms with Crippen molar-refractivity contribution in [3.8, 4) is 11.3 Å². The molecule has 154 valence electrons. The van der Waals surface area contributed by atoms with Crippen molar-refractivity contribution in [1.29, 1.82) is 0 Å². The second kappa shape index (κ2) is 10.8. The number of rotatable bonds is 8. The number of carbonyl (C=O) groups excluding carboxylic acids is 1. The maximum atomic E-state index is 12.7. The van der Waals surface area contributed by atoms with Crippen LogP contribution < -0.4 is 5.73 Å². The largest absolute Gasteiger partial charge is 0.361 e. The lowest BCUT2D eigenvalue weighted by Gasteiger charge is -2.25. The lowest BCUT2D eigenvalue weighted by atomic mass is 9.94. The van der Waals surface area contributed by atoms with Crippen molar-refractivity contribution in [2.24, 2.45) is 11.7 Å². The molecule has 0 aliphatic carbocycles. The molecule has 0 radical (unpaired) electrons. The molecule has 0 fully saturated rings. The summed E-state index contributed by atoms with van der Waals surface area (Å²) in [7, 11) is 1.83. The first-order chi connectivity index (χ1) is 13.6. The van der Waals surface area contributed by atoms with Crippen molar-refractivity contribution in [2.45, 2.75) is 25.8 Å². The third-order valence-corrected chi connectivity index (χ3v) is 5.03. The van der Waals surface area contributed by atoms with Gasteiger partial charge in [0.1, 0.15) is 11.5 Å². The van der Waals surface area contributed by atoms with E-state index in [0.717, 1.165) is 35.4 Å². The van der Waals surface area contributed by atoms with E-state index in [1.54, 1.807) is 4.90 Å². The smallest absolute Gasteiger partial charge is 0.227 e. The first-order valence-corrected chi connectivity index (χ1v) is 9.63. The van der Waals surface area contributed by atoms with Gasteiger partial charge in [-0.05, 0) is 12.0 Å². The molecule has 1 amide bonds. The third kappa shape index (κ3) is 5.92. The highest BCUT2D eigenvalue weighted by atomic mass is 35.5.